The lowest BCUT2D eigenvalue weighted by Crippen LogP contribution is -2.50. The maximum Gasteiger partial charge on any atom is 0.191 e. The summed E-state index contributed by atoms with van der Waals surface area (Å²) in [6, 6.07) is 8.01. The van der Waals surface area contributed by atoms with Crippen molar-refractivity contribution in [1.82, 2.24) is 15.5 Å². The minimum Gasteiger partial charge on any atom is -0.497 e. The topological polar surface area (TPSA) is 48.9 Å². The minimum atomic E-state index is 0. The lowest BCUT2D eigenvalue weighted by Gasteiger charge is -2.33. The molecule has 6 heteroatoms. The fourth-order valence-electron chi connectivity index (χ4n) is 1.61. The van der Waals surface area contributed by atoms with Crippen molar-refractivity contribution >= 4 is 29.9 Å². The molecule has 126 valence electrons. The van der Waals surface area contributed by atoms with Crippen LogP contribution in [0.2, 0.25) is 0 Å². The Labute approximate surface area is 151 Å². The van der Waals surface area contributed by atoms with Crippen molar-refractivity contribution in [3.63, 3.8) is 0 Å². The van der Waals surface area contributed by atoms with Crippen molar-refractivity contribution < 1.29 is 4.74 Å². The maximum absolute atomic E-state index is 5.15. The molecule has 0 radical (unpaired) electrons. The molecule has 0 aliphatic heterocycles. The molecule has 0 fully saturated rings. The molecular weight excluding hydrogens is 391 g/mol. The molecule has 5 nitrogen and oxygen atoms in total. The number of aliphatic imine (C=N–C) groups is 1. The Bertz CT molecular complexity index is 458. The fourth-order valence-corrected chi connectivity index (χ4v) is 1.61. The average molecular weight is 420 g/mol. The molecule has 1 rings (SSSR count). The van der Waals surface area contributed by atoms with Gasteiger partial charge in [-0.3, -0.25) is 4.99 Å². The normalized spacial score (nSPS) is 11.9. The number of guanidine groups is 1. The highest BCUT2D eigenvalue weighted by Gasteiger charge is 2.20. The van der Waals surface area contributed by atoms with E-state index >= 15 is 0 Å². The van der Waals surface area contributed by atoms with Gasteiger partial charge in [0.15, 0.2) is 5.96 Å². The van der Waals surface area contributed by atoms with Crippen LogP contribution in [0, 0.1) is 0 Å². The molecule has 0 atom stereocenters. The van der Waals surface area contributed by atoms with Crippen LogP contribution in [0.1, 0.15) is 19.4 Å². The third-order valence-electron chi connectivity index (χ3n) is 3.74. The van der Waals surface area contributed by atoms with Crippen LogP contribution < -0.4 is 15.4 Å². The molecular formula is C16H29IN4O. The molecule has 0 spiro atoms. The van der Waals surface area contributed by atoms with E-state index in [2.05, 4.69) is 48.5 Å². The van der Waals surface area contributed by atoms with E-state index in [0.29, 0.717) is 0 Å². The molecule has 2 N–H and O–H groups in total. The van der Waals surface area contributed by atoms with Crippen LogP contribution in [0.4, 0.5) is 0 Å². The zero-order valence-corrected chi connectivity index (χ0v) is 16.8. The summed E-state index contributed by atoms with van der Waals surface area (Å²) in [4.78, 5) is 6.44. The standard InChI is InChI=1S/C16H28N4O.HI/c1-16(2,20(4)5)12-19-15(17-3)18-11-13-7-9-14(21-6)10-8-13;/h7-10H,11-12H2,1-6H3,(H2,17,18,19);1H. The second-order valence-corrected chi connectivity index (χ2v) is 5.83. The summed E-state index contributed by atoms with van der Waals surface area (Å²) in [5.74, 6) is 1.68. The van der Waals surface area contributed by atoms with Crippen molar-refractivity contribution in [2.45, 2.75) is 25.9 Å². The maximum atomic E-state index is 5.15. The first kappa shape index (κ1) is 21.0. The van der Waals surface area contributed by atoms with E-state index in [-0.39, 0.29) is 29.5 Å². The van der Waals surface area contributed by atoms with Crippen LogP contribution in [0.3, 0.4) is 0 Å². The largest absolute Gasteiger partial charge is 0.497 e. The first-order chi connectivity index (χ1) is 9.89. The third kappa shape index (κ3) is 6.83. The monoisotopic (exact) mass is 420 g/mol. The highest BCUT2D eigenvalue weighted by Crippen LogP contribution is 2.11. The zero-order valence-electron chi connectivity index (χ0n) is 14.4. The number of hydrogen-bond acceptors (Lipinski definition) is 3. The molecule has 0 aromatic heterocycles. The Kier molecular flexibility index (Phi) is 9.43. The summed E-state index contributed by atoms with van der Waals surface area (Å²) in [5.41, 5.74) is 1.25. The number of ether oxygens (including phenoxy) is 1. The fraction of sp³-hybridized carbons (Fsp3) is 0.562. The zero-order chi connectivity index (χ0) is 15.9. The van der Waals surface area contributed by atoms with E-state index in [4.69, 9.17) is 4.74 Å². The van der Waals surface area contributed by atoms with E-state index in [1.165, 1.54) is 5.56 Å². The Balaban J connectivity index is 0.00000441. The Morgan fingerprint density at radius 3 is 2.23 bits per heavy atom. The van der Waals surface area contributed by atoms with Gasteiger partial charge in [0.05, 0.1) is 7.11 Å². The van der Waals surface area contributed by atoms with E-state index in [9.17, 15) is 0 Å². The van der Waals surface area contributed by atoms with Gasteiger partial charge in [-0.25, -0.2) is 0 Å². The van der Waals surface area contributed by atoms with Gasteiger partial charge in [0.1, 0.15) is 5.75 Å². The Morgan fingerprint density at radius 1 is 1.18 bits per heavy atom. The molecule has 0 bridgehead atoms. The van der Waals surface area contributed by atoms with Gasteiger partial charge in [-0.1, -0.05) is 12.1 Å². The number of halogens is 1. The van der Waals surface area contributed by atoms with Crippen LogP contribution in [-0.2, 0) is 6.54 Å². The van der Waals surface area contributed by atoms with Crippen LogP contribution in [0.15, 0.2) is 29.3 Å². The van der Waals surface area contributed by atoms with Crippen LogP contribution in [0.25, 0.3) is 0 Å². The smallest absolute Gasteiger partial charge is 0.191 e. The summed E-state index contributed by atoms with van der Waals surface area (Å²) < 4.78 is 5.15. The van der Waals surface area contributed by atoms with Gasteiger partial charge in [0.2, 0.25) is 0 Å². The van der Waals surface area contributed by atoms with Gasteiger partial charge in [0, 0.05) is 25.7 Å². The second-order valence-electron chi connectivity index (χ2n) is 5.83. The van der Waals surface area contributed by atoms with Gasteiger partial charge in [-0.2, -0.15) is 0 Å². The first-order valence-corrected chi connectivity index (χ1v) is 7.14. The molecule has 0 unspecified atom stereocenters. The molecule has 22 heavy (non-hydrogen) atoms. The van der Waals surface area contributed by atoms with Crippen molar-refractivity contribution in [3.8, 4) is 5.75 Å². The van der Waals surface area contributed by atoms with Crippen molar-refractivity contribution in [2.24, 2.45) is 4.99 Å². The van der Waals surface area contributed by atoms with E-state index in [1.807, 2.05) is 24.3 Å². The molecule has 0 aliphatic carbocycles. The molecule has 0 saturated carbocycles. The highest BCUT2D eigenvalue weighted by atomic mass is 127. The summed E-state index contributed by atoms with van der Waals surface area (Å²) in [6.45, 7) is 5.93. The van der Waals surface area contributed by atoms with Gasteiger partial charge in [0.25, 0.3) is 0 Å². The Hall–Kier alpha value is -1.02. The molecule has 0 heterocycles. The van der Waals surface area contributed by atoms with E-state index < -0.39 is 0 Å². The first-order valence-electron chi connectivity index (χ1n) is 7.14. The second kappa shape index (κ2) is 9.89. The summed E-state index contributed by atoms with van der Waals surface area (Å²) in [5, 5.41) is 6.67. The number of benzene rings is 1. The van der Waals surface area contributed by atoms with Gasteiger partial charge in [-0.15, -0.1) is 24.0 Å². The number of likely N-dealkylation sites (N-methyl/N-ethyl adjacent to an activating group) is 1. The average Bonchev–Trinajstić information content (AvgIpc) is 2.47. The quantitative estimate of drug-likeness (QED) is 0.422. The lowest BCUT2D eigenvalue weighted by atomic mass is 10.0. The van der Waals surface area contributed by atoms with Gasteiger partial charge in [-0.05, 0) is 45.6 Å². The van der Waals surface area contributed by atoms with Crippen molar-refractivity contribution in [2.75, 3.05) is 34.8 Å². The molecule has 0 aliphatic rings. The van der Waals surface area contributed by atoms with Crippen LogP contribution >= 0.6 is 24.0 Å². The molecule has 0 saturated heterocycles. The van der Waals surface area contributed by atoms with E-state index in [1.54, 1.807) is 14.2 Å². The highest BCUT2D eigenvalue weighted by molar-refractivity contribution is 14.0. The number of nitrogens with one attached hydrogen (secondary N) is 2. The predicted molar refractivity (Wildman–Crippen MR) is 104 cm³/mol. The minimum absolute atomic E-state index is 0. The van der Waals surface area contributed by atoms with Gasteiger partial charge < -0.3 is 20.3 Å². The number of nitrogens with zero attached hydrogens (tertiary/aromatic N) is 2. The number of hydrogen-bond donors (Lipinski definition) is 2. The summed E-state index contributed by atoms with van der Waals surface area (Å²) in [6.07, 6.45) is 0. The van der Waals surface area contributed by atoms with Crippen LogP contribution in [-0.4, -0.2) is 51.2 Å². The van der Waals surface area contributed by atoms with Crippen molar-refractivity contribution in [3.05, 3.63) is 29.8 Å². The predicted octanol–water partition coefficient (Wildman–Crippen LogP) is 2.32. The third-order valence-corrected chi connectivity index (χ3v) is 3.74. The number of methoxy groups -OCH3 is 1. The number of rotatable bonds is 6. The van der Waals surface area contributed by atoms with Crippen LogP contribution in [0.5, 0.6) is 5.75 Å². The molecule has 0 amide bonds. The molecule has 1 aromatic rings. The van der Waals surface area contributed by atoms with E-state index in [0.717, 1.165) is 24.8 Å². The summed E-state index contributed by atoms with van der Waals surface area (Å²) >= 11 is 0. The van der Waals surface area contributed by atoms with Crippen molar-refractivity contribution in [1.29, 1.82) is 0 Å². The van der Waals surface area contributed by atoms with Gasteiger partial charge >= 0.3 is 0 Å². The Morgan fingerprint density at radius 2 is 1.77 bits per heavy atom. The lowest BCUT2D eigenvalue weighted by molar-refractivity contribution is 0.197. The summed E-state index contributed by atoms with van der Waals surface area (Å²) in [7, 11) is 7.61. The molecule has 1 aromatic carbocycles. The SMILES string of the molecule is CN=C(NCc1ccc(OC)cc1)NCC(C)(C)N(C)C.I.